The van der Waals surface area contributed by atoms with Gasteiger partial charge >= 0.3 is 0 Å². The minimum Gasteiger partial charge on any atom is -0.382 e. The monoisotopic (exact) mass is 233 g/mol. The van der Waals surface area contributed by atoms with Crippen molar-refractivity contribution < 1.29 is 5.11 Å². The Morgan fingerprint density at radius 3 is 2.38 bits per heavy atom. The van der Waals surface area contributed by atoms with Crippen LogP contribution in [0.2, 0.25) is 0 Å². The van der Waals surface area contributed by atoms with Crippen molar-refractivity contribution in [2.75, 3.05) is 6.26 Å². The van der Waals surface area contributed by atoms with Crippen LogP contribution in [-0.2, 0) is 7.05 Å². The van der Waals surface area contributed by atoms with Gasteiger partial charge in [0.05, 0.1) is 5.69 Å². The van der Waals surface area contributed by atoms with Crippen molar-refractivity contribution in [3.05, 3.63) is 53.9 Å². The maximum absolute atomic E-state index is 10.2. The molecule has 0 radical (unpaired) electrons. The molecule has 0 unspecified atom stereocenters. The van der Waals surface area contributed by atoms with Crippen LogP contribution in [0.5, 0.6) is 0 Å². The molecular formula is C13H15NOS. The average Bonchev–Trinajstić information content (AvgIpc) is 2.75. The van der Waals surface area contributed by atoms with Gasteiger partial charge in [0.2, 0.25) is 0 Å². The number of aromatic nitrogens is 1. The van der Waals surface area contributed by atoms with Gasteiger partial charge in [-0.05, 0) is 36.1 Å². The number of aliphatic hydroxyl groups excluding tert-OH is 1. The van der Waals surface area contributed by atoms with Gasteiger partial charge in [0, 0.05) is 18.1 Å². The van der Waals surface area contributed by atoms with E-state index in [1.165, 1.54) is 4.90 Å². The molecule has 0 bridgehead atoms. The number of rotatable bonds is 3. The molecule has 1 aromatic heterocycles. The Bertz CT molecular complexity index is 461. The lowest BCUT2D eigenvalue weighted by Gasteiger charge is -2.12. The first kappa shape index (κ1) is 11.3. The minimum absolute atomic E-state index is 0.545. The van der Waals surface area contributed by atoms with Crippen molar-refractivity contribution in [1.82, 2.24) is 4.57 Å². The van der Waals surface area contributed by atoms with Crippen molar-refractivity contribution in [2.45, 2.75) is 11.0 Å². The fourth-order valence-electron chi connectivity index (χ4n) is 1.72. The van der Waals surface area contributed by atoms with E-state index in [9.17, 15) is 5.11 Å². The molecular weight excluding hydrogens is 218 g/mol. The first-order chi connectivity index (χ1) is 7.72. The smallest absolute Gasteiger partial charge is 0.119 e. The van der Waals surface area contributed by atoms with E-state index >= 15 is 0 Å². The maximum atomic E-state index is 10.2. The molecule has 84 valence electrons. The summed E-state index contributed by atoms with van der Waals surface area (Å²) in [5.74, 6) is 0. The fourth-order valence-corrected chi connectivity index (χ4v) is 2.12. The number of hydrogen-bond acceptors (Lipinski definition) is 2. The molecule has 0 spiro atoms. The summed E-state index contributed by atoms with van der Waals surface area (Å²) < 4.78 is 1.94. The van der Waals surface area contributed by atoms with E-state index in [0.29, 0.717) is 0 Å². The SMILES string of the molecule is CSc1ccc([C@@H](O)c2cccn2C)cc1. The maximum Gasteiger partial charge on any atom is 0.119 e. The van der Waals surface area contributed by atoms with Crippen LogP contribution in [0.1, 0.15) is 17.4 Å². The number of aliphatic hydroxyl groups is 1. The third-order valence-electron chi connectivity index (χ3n) is 2.70. The second-order valence-electron chi connectivity index (χ2n) is 3.72. The number of hydrogen-bond donors (Lipinski definition) is 1. The Balaban J connectivity index is 2.27. The molecule has 0 aliphatic heterocycles. The van der Waals surface area contributed by atoms with Gasteiger partial charge in [-0.25, -0.2) is 0 Å². The molecule has 2 aromatic rings. The van der Waals surface area contributed by atoms with E-state index in [0.717, 1.165) is 11.3 Å². The molecule has 16 heavy (non-hydrogen) atoms. The van der Waals surface area contributed by atoms with E-state index in [-0.39, 0.29) is 0 Å². The zero-order valence-corrected chi connectivity index (χ0v) is 10.2. The largest absolute Gasteiger partial charge is 0.382 e. The highest BCUT2D eigenvalue weighted by Crippen LogP contribution is 2.24. The minimum atomic E-state index is -0.545. The third kappa shape index (κ3) is 2.15. The molecule has 1 atom stereocenters. The lowest BCUT2D eigenvalue weighted by atomic mass is 10.1. The molecule has 2 nitrogen and oxygen atoms in total. The summed E-state index contributed by atoms with van der Waals surface area (Å²) >= 11 is 1.70. The van der Waals surface area contributed by atoms with Gasteiger partial charge in [-0.3, -0.25) is 0 Å². The molecule has 2 rings (SSSR count). The summed E-state index contributed by atoms with van der Waals surface area (Å²) in [7, 11) is 1.94. The summed E-state index contributed by atoms with van der Waals surface area (Å²) in [4.78, 5) is 1.21. The van der Waals surface area contributed by atoms with Gasteiger partial charge in [-0.2, -0.15) is 0 Å². The first-order valence-corrected chi connectivity index (χ1v) is 6.38. The van der Waals surface area contributed by atoms with Crippen molar-refractivity contribution in [1.29, 1.82) is 0 Å². The van der Waals surface area contributed by atoms with Crippen LogP contribution >= 0.6 is 11.8 Å². The summed E-state index contributed by atoms with van der Waals surface area (Å²) in [6, 6.07) is 11.9. The topological polar surface area (TPSA) is 25.2 Å². The molecule has 1 N–H and O–H groups in total. The Kier molecular flexibility index (Phi) is 3.36. The van der Waals surface area contributed by atoms with E-state index in [1.54, 1.807) is 11.8 Å². The molecule has 1 aromatic carbocycles. The molecule has 0 saturated heterocycles. The molecule has 0 amide bonds. The molecule has 1 heterocycles. The van der Waals surface area contributed by atoms with Gasteiger partial charge in [-0.1, -0.05) is 12.1 Å². The van der Waals surface area contributed by atoms with Crippen molar-refractivity contribution >= 4 is 11.8 Å². The van der Waals surface area contributed by atoms with Gasteiger partial charge in [0.25, 0.3) is 0 Å². The van der Waals surface area contributed by atoms with Crippen LogP contribution < -0.4 is 0 Å². The summed E-state index contributed by atoms with van der Waals surface area (Å²) in [6.45, 7) is 0. The van der Waals surface area contributed by atoms with Crippen LogP contribution in [0.3, 0.4) is 0 Å². The number of benzene rings is 1. The first-order valence-electron chi connectivity index (χ1n) is 5.15. The Hall–Kier alpha value is -1.19. The fraction of sp³-hybridized carbons (Fsp3) is 0.231. The quantitative estimate of drug-likeness (QED) is 0.825. The van der Waals surface area contributed by atoms with Crippen molar-refractivity contribution in [2.24, 2.45) is 7.05 Å². The molecule has 0 saturated carbocycles. The highest BCUT2D eigenvalue weighted by molar-refractivity contribution is 7.98. The molecule has 0 aliphatic carbocycles. The summed E-state index contributed by atoms with van der Waals surface area (Å²) in [5.41, 5.74) is 1.84. The van der Waals surface area contributed by atoms with Crippen molar-refractivity contribution in [3.8, 4) is 0 Å². The number of aryl methyl sites for hydroxylation is 1. The lowest BCUT2D eigenvalue weighted by Crippen LogP contribution is -2.04. The standard InChI is InChI=1S/C13H15NOS/c1-14-9-3-4-12(14)13(15)10-5-7-11(16-2)8-6-10/h3-9,13,15H,1-2H3/t13-/m1/s1. The molecule has 0 fully saturated rings. The van der Waals surface area contributed by atoms with Gasteiger partial charge in [0.1, 0.15) is 6.10 Å². The Morgan fingerprint density at radius 2 is 1.88 bits per heavy atom. The zero-order valence-electron chi connectivity index (χ0n) is 9.42. The van der Waals surface area contributed by atoms with E-state index < -0.39 is 6.10 Å². The second kappa shape index (κ2) is 4.76. The lowest BCUT2D eigenvalue weighted by molar-refractivity contribution is 0.211. The van der Waals surface area contributed by atoms with Crippen LogP contribution in [0.15, 0.2) is 47.5 Å². The summed E-state index contributed by atoms with van der Waals surface area (Å²) in [6.07, 6.45) is 3.44. The van der Waals surface area contributed by atoms with Crippen LogP contribution in [0.25, 0.3) is 0 Å². The molecule has 3 heteroatoms. The van der Waals surface area contributed by atoms with Gasteiger partial charge < -0.3 is 9.67 Å². The predicted octanol–water partition coefficient (Wildman–Crippen LogP) is 2.83. The number of nitrogens with zero attached hydrogens (tertiary/aromatic N) is 1. The van der Waals surface area contributed by atoms with Crippen LogP contribution in [0, 0.1) is 0 Å². The number of thioether (sulfide) groups is 1. The van der Waals surface area contributed by atoms with E-state index in [2.05, 4.69) is 0 Å². The second-order valence-corrected chi connectivity index (χ2v) is 4.60. The zero-order chi connectivity index (χ0) is 11.5. The highest BCUT2D eigenvalue weighted by atomic mass is 32.2. The third-order valence-corrected chi connectivity index (χ3v) is 3.44. The van der Waals surface area contributed by atoms with Crippen LogP contribution in [0.4, 0.5) is 0 Å². The van der Waals surface area contributed by atoms with Crippen molar-refractivity contribution in [3.63, 3.8) is 0 Å². The highest BCUT2D eigenvalue weighted by Gasteiger charge is 2.12. The van der Waals surface area contributed by atoms with E-state index in [4.69, 9.17) is 0 Å². The van der Waals surface area contributed by atoms with E-state index in [1.807, 2.05) is 60.5 Å². The Labute approximate surface area is 99.9 Å². The normalized spacial score (nSPS) is 12.7. The Morgan fingerprint density at radius 1 is 1.19 bits per heavy atom. The summed E-state index contributed by atoms with van der Waals surface area (Å²) in [5, 5.41) is 10.2. The van der Waals surface area contributed by atoms with Gasteiger partial charge in [0.15, 0.2) is 0 Å². The van der Waals surface area contributed by atoms with Gasteiger partial charge in [-0.15, -0.1) is 11.8 Å². The average molecular weight is 233 g/mol. The predicted molar refractivity (Wildman–Crippen MR) is 67.7 cm³/mol. The van der Waals surface area contributed by atoms with Crippen LogP contribution in [-0.4, -0.2) is 15.9 Å². The molecule has 0 aliphatic rings.